The van der Waals surface area contributed by atoms with Gasteiger partial charge >= 0.3 is 0 Å². The highest BCUT2D eigenvalue weighted by Crippen LogP contribution is 2.46. The minimum Gasteiger partial charge on any atom is -0.278 e. The van der Waals surface area contributed by atoms with Crippen molar-refractivity contribution >= 4 is 45.9 Å². The SMILES string of the molecule is Cc1cccc(C2=C(c3cccc(C)c3)c3nc2nc2c(-c4cccc(C)c4)c(-c4cccc(C)c4)c(nc4nc(nc5c(-c6cccc(C)c6)c(-c6cccc(C)c6)c(n3)n5-c3cccc(C)c3)C=C4)n2-c2cccc(C)c2)c1. The van der Waals surface area contributed by atoms with E-state index in [-0.39, 0.29) is 0 Å². The van der Waals surface area contributed by atoms with Crippen LogP contribution in [0, 0.1) is 55.4 Å². The second-order valence-electron chi connectivity index (χ2n) is 21.5. The van der Waals surface area contributed by atoms with Crippen LogP contribution in [0.1, 0.15) is 78.9 Å². The van der Waals surface area contributed by atoms with Crippen molar-refractivity contribution in [1.29, 1.82) is 0 Å². The normalized spacial score (nSPS) is 12.2. The van der Waals surface area contributed by atoms with Gasteiger partial charge in [0.25, 0.3) is 0 Å². The van der Waals surface area contributed by atoms with Crippen LogP contribution in [0.5, 0.6) is 0 Å². The zero-order valence-corrected chi connectivity index (χ0v) is 46.2. The van der Waals surface area contributed by atoms with E-state index in [2.05, 4.69) is 259 Å². The van der Waals surface area contributed by atoms with Crippen molar-refractivity contribution in [3.05, 3.63) is 273 Å². The Balaban J connectivity index is 1.35. The molecule has 5 heterocycles. The van der Waals surface area contributed by atoms with Gasteiger partial charge in [0.15, 0.2) is 23.3 Å². The molecular weight excluding hydrogens is 977 g/mol. The van der Waals surface area contributed by atoms with Gasteiger partial charge in [-0.2, -0.15) is 0 Å². The Hall–Kier alpha value is -9.92. The molecule has 2 aliphatic rings. The average molecular weight is 1040 g/mol. The summed E-state index contributed by atoms with van der Waals surface area (Å²) in [6.07, 6.45) is 3.95. The van der Waals surface area contributed by atoms with Crippen molar-refractivity contribution in [2.75, 3.05) is 0 Å². The fourth-order valence-corrected chi connectivity index (χ4v) is 11.5. The molecule has 8 nitrogen and oxygen atoms in total. The monoisotopic (exact) mass is 1030 g/mol. The Morgan fingerprint density at radius 1 is 0.250 bits per heavy atom. The highest BCUT2D eigenvalue weighted by atomic mass is 15.2. The lowest BCUT2D eigenvalue weighted by Crippen LogP contribution is -2.00. The van der Waals surface area contributed by atoms with Gasteiger partial charge < -0.3 is 0 Å². The predicted octanol–water partition coefficient (Wildman–Crippen LogP) is 17.1. The number of benzene rings is 8. The van der Waals surface area contributed by atoms with Crippen LogP contribution in [0.4, 0.5) is 0 Å². The van der Waals surface area contributed by atoms with Gasteiger partial charge in [-0.05, 0) is 136 Å². The second kappa shape index (κ2) is 20.1. The van der Waals surface area contributed by atoms with Crippen molar-refractivity contribution in [2.24, 2.45) is 0 Å². The summed E-state index contributed by atoms with van der Waals surface area (Å²) in [5.74, 6) is 2.04. The van der Waals surface area contributed by atoms with Gasteiger partial charge in [-0.1, -0.05) is 203 Å². The zero-order chi connectivity index (χ0) is 54.8. The molecule has 8 bridgehead atoms. The van der Waals surface area contributed by atoms with Gasteiger partial charge in [-0.25, -0.2) is 29.9 Å². The number of fused-ring (bicyclic) bond motifs is 8. The van der Waals surface area contributed by atoms with Crippen LogP contribution < -0.4 is 0 Å². The molecule has 0 unspecified atom stereocenters. The molecule has 8 aromatic carbocycles. The van der Waals surface area contributed by atoms with Crippen LogP contribution in [-0.2, 0) is 0 Å². The van der Waals surface area contributed by atoms with Crippen LogP contribution in [0.15, 0.2) is 194 Å². The first-order chi connectivity index (χ1) is 38.9. The molecule has 0 amide bonds. The summed E-state index contributed by atoms with van der Waals surface area (Å²) in [6.45, 7) is 17.1. The Morgan fingerprint density at radius 3 is 0.812 bits per heavy atom. The molecule has 2 aliphatic heterocycles. The van der Waals surface area contributed by atoms with Gasteiger partial charge in [-0.15, -0.1) is 0 Å². The van der Waals surface area contributed by atoms with E-state index in [4.69, 9.17) is 29.9 Å². The molecule has 8 heteroatoms. The topological polar surface area (TPSA) is 87.2 Å². The van der Waals surface area contributed by atoms with Crippen LogP contribution in [0.2, 0.25) is 0 Å². The lowest BCUT2D eigenvalue weighted by Gasteiger charge is -2.11. The lowest BCUT2D eigenvalue weighted by atomic mass is 9.93. The molecule has 3 aromatic heterocycles. The third-order valence-electron chi connectivity index (χ3n) is 15.0. The number of aromatic nitrogens is 8. The quantitative estimate of drug-likeness (QED) is 0.151. The molecule has 11 aromatic rings. The zero-order valence-electron chi connectivity index (χ0n) is 46.2. The number of rotatable bonds is 8. The first kappa shape index (κ1) is 49.6. The van der Waals surface area contributed by atoms with Crippen LogP contribution in [0.25, 0.3) is 102 Å². The smallest absolute Gasteiger partial charge is 0.165 e. The van der Waals surface area contributed by atoms with E-state index in [0.717, 1.165) is 123 Å². The molecule has 13 rings (SSSR count). The average Bonchev–Trinajstić information content (AvgIpc) is 4.26. The number of nitrogens with zero attached hydrogens (tertiary/aromatic N) is 8. The Bertz CT molecular complexity index is 4300. The predicted molar refractivity (Wildman–Crippen MR) is 329 cm³/mol. The van der Waals surface area contributed by atoms with Crippen LogP contribution >= 0.6 is 0 Å². The molecule has 386 valence electrons. The van der Waals surface area contributed by atoms with Gasteiger partial charge in [0.05, 0.1) is 0 Å². The molecule has 0 radical (unpaired) electrons. The summed E-state index contributed by atoms with van der Waals surface area (Å²) >= 11 is 0. The van der Waals surface area contributed by atoms with Crippen molar-refractivity contribution in [3.63, 3.8) is 0 Å². The number of aryl methyl sites for hydroxylation is 8. The lowest BCUT2D eigenvalue weighted by molar-refractivity contribution is 1.03. The van der Waals surface area contributed by atoms with E-state index in [1.165, 1.54) is 0 Å². The molecular formula is C72H58N8. The van der Waals surface area contributed by atoms with E-state index in [0.29, 0.717) is 45.9 Å². The first-order valence-electron chi connectivity index (χ1n) is 27.3. The minimum absolute atomic E-state index is 0.504. The van der Waals surface area contributed by atoms with Gasteiger partial charge in [0.1, 0.15) is 22.6 Å². The molecule has 0 aliphatic carbocycles. The summed E-state index contributed by atoms with van der Waals surface area (Å²) in [6, 6.07) is 69.2. The fraction of sp³-hybridized carbons (Fsp3) is 0.111. The first-order valence-corrected chi connectivity index (χ1v) is 27.3. The maximum Gasteiger partial charge on any atom is 0.165 e. The third kappa shape index (κ3) is 9.14. The largest absolute Gasteiger partial charge is 0.278 e. The van der Waals surface area contributed by atoms with E-state index in [1.807, 2.05) is 12.2 Å². The molecule has 0 saturated heterocycles. The third-order valence-corrected chi connectivity index (χ3v) is 15.0. The fourth-order valence-electron chi connectivity index (χ4n) is 11.5. The van der Waals surface area contributed by atoms with Gasteiger partial charge in [0, 0.05) is 44.8 Å². The Labute approximate surface area is 466 Å². The summed E-state index contributed by atoms with van der Waals surface area (Å²) in [5, 5.41) is 0. The van der Waals surface area contributed by atoms with E-state index < -0.39 is 0 Å². The maximum absolute atomic E-state index is 6.05. The Morgan fingerprint density at radius 2 is 0.512 bits per heavy atom. The second-order valence-corrected chi connectivity index (χ2v) is 21.5. The van der Waals surface area contributed by atoms with Crippen molar-refractivity contribution in [3.8, 4) is 55.9 Å². The summed E-state index contributed by atoms with van der Waals surface area (Å²) in [4.78, 5) is 34.7. The van der Waals surface area contributed by atoms with Crippen molar-refractivity contribution < 1.29 is 0 Å². The molecule has 0 fully saturated rings. The van der Waals surface area contributed by atoms with E-state index in [1.54, 1.807) is 0 Å². The molecule has 0 atom stereocenters. The van der Waals surface area contributed by atoms with E-state index in [9.17, 15) is 0 Å². The molecule has 0 N–H and O–H groups in total. The van der Waals surface area contributed by atoms with Gasteiger partial charge in [-0.3, -0.25) is 9.13 Å². The number of hydrogen-bond donors (Lipinski definition) is 0. The van der Waals surface area contributed by atoms with Gasteiger partial charge in [0.2, 0.25) is 0 Å². The number of hydrogen-bond acceptors (Lipinski definition) is 6. The Kier molecular flexibility index (Phi) is 12.5. The van der Waals surface area contributed by atoms with E-state index >= 15 is 0 Å². The van der Waals surface area contributed by atoms with Crippen molar-refractivity contribution in [1.82, 2.24) is 39.0 Å². The molecule has 0 spiro atoms. The van der Waals surface area contributed by atoms with Crippen LogP contribution in [0.3, 0.4) is 0 Å². The summed E-state index contributed by atoms with van der Waals surface area (Å²) in [5.41, 5.74) is 24.7. The van der Waals surface area contributed by atoms with Crippen molar-refractivity contribution in [2.45, 2.75) is 55.4 Å². The molecule has 80 heavy (non-hydrogen) atoms. The maximum atomic E-state index is 6.05. The summed E-state index contributed by atoms with van der Waals surface area (Å²) in [7, 11) is 0. The summed E-state index contributed by atoms with van der Waals surface area (Å²) < 4.78 is 4.41. The highest BCUT2D eigenvalue weighted by molar-refractivity contribution is 6.08. The standard InChI is InChI=1S/C72H58N8/c1-43-17-9-25-51(35-43)61-62(52-26-10-18-44(2)36-52)68-76-67(61)77-71-65(55-29-13-21-47(5)39-55)63(53-27-11-19-45(3)37-53)69(79(71)57-31-15-23-49(7)41-57)74-59-33-34-60(73-59)75-70-64(54-28-12-20-46(4)38-54)66(56-30-14-22-48(6)40-56)72(78-68)80(70)58-32-16-24-50(8)42-58/h9-42H,1-8H3. The minimum atomic E-state index is 0.504. The molecule has 0 saturated carbocycles. The van der Waals surface area contributed by atoms with Crippen LogP contribution in [-0.4, -0.2) is 39.0 Å². The highest BCUT2D eigenvalue weighted by Gasteiger charge is 2.31.